The lowest BCUT2D eigenvalue weighted by Crippen LogP contribution is -2.51. The minimum atomic E-state index is -0.384. The standard InChI is InChI=1S/C27H40N4O4/c1-18(2)29-27(34)30(5)16-24-19(3)15-31(20(4)17-32)26(33)23-13-22(14-28-25(23)35-24)12-11-21-9-7-6-8-10-21/h13-14,18-21,24,32H,6-10,15-17H2,1-5H3,(H,29,34)/t19-,20+,24-/m0/s1. The number of carbonyl (C=O) groups excluding carboxylic acids is 2. The Hall–Kier alpha value is -2.79. The molecule has 3 atom stereocenters. The Morgan fingerprint density at radius 2 is 2.03 bits per heavy atom. The van der Waals surface area contributed by atoms with Crippen molar-refractivity contribution < 1.29 is 19.4 Å². The molecule has 2 heterocycles. The van der Waals surface area contributed by atoms with E-state index in [9.17, 15) is 14.7 Å². The summed E-state index contributed by atoms with van der Waals surface area (Å²) in [6, 6.07) is 1.22. The number of amides is 3. The molecule has 1 aliphatic heterocycles. The number of nitrogens with zero attached hydrogens (tertiary/aromatic N) is 3. The maximum Gasteiger partial charge on any atom is 0.317 e. The molecule has 1 aromatic rings. The molecule has 8 nitrogen and oxygen atoms in total. The van der Waals surface area contributed by atoms with E-state index in [1.54, 1.807) is 29.1 Å². The summed E-state index contributed by atoms with van der Waals surface area (Å²) in [4.78, 5) is 33.8. The molecule has 192 valence electrons. The molecule has 1 saturated carbocycles. The average Bonchev–Trinajstić information content (AvgIpc) is 2.84. The van der Waals surface area contributed by atoms with E-state index in [4.69, 9.17) is 4.74 Å². The lowest BCUT2D eigenvalue weighted by Gasteiger charge is -2.37. The van der Waals surface area contributed by atoms with Gasteiger partial charge in [-0.2, -0.15) is 0 Å². The molecule has 0 radical (unpaired) electrons. The summed E-state index contributed by atoms with van der Waals surface area (Å²) >= 11 is 0. The van der Waals surface area contributed by atoms with Crippen molar-refractivity contribution in [3.8, 4) is 17.7 Å². The third-order valence-corrected chi connectivity index (χ3v) is 6.76. The highest BCUT2D eigenvalue weighted by Crippen LogP contribution is 2.28. The van der Waals surface area contributed by atoms with Gasteiger partial charge in [-0.1, -0.05) is 38.0 Å². The smallest absolute Gasteiger partial charge is 0.317 e. The first kappa shape index (κ1) is 26.8. The number of aliphatic hydroxyl groups is 1. The molecule has 1 aliphatic carbocycles. The van der Waals surface area contributed by atoms with Gasteiger partial charge in [0, 0.05) is 43.2 Å². The van der Waals surface area contributed by atoms with Crippen LogP contribution in [0.3, 0.4) is 0 Å². The minimum absolute atomic E-state index is 0.0228. The first-order valence-corrected chi connectivity index (χ1v) is 12.8. The summed E-state index contributed by atoms with van der Waals surface area (Å²) in [6.45, 7) is 8.21. The molecule has 0 aromatic carbocycles. The van der Waals surface area contributed by atoms with E-state index in [0.29, 0.717) is 30.1 Å². The van der Waals surface area contributed by atoms with Gasteiger partial charge in [0.1, 0.15) is 11.7 Å². The van der Waals surface area contributed by atoms with Crippen LogP contribution in [0.5, 0.6) is 5.88 Å². The first-order chi connectivity index (χ1) is 16.7. The predicted octanol–water partition coefficient (Wildman–Crippen LogP) is 3.28. The normalized spacial score (nSPS) is 21.7. The van der Waals surface area contributed by atoms with E-state index in [0.717, 1.165) is 12.8 Å². The summed E-state index contributed by atoms with van der Waals surface area (Å²) < 4.78 is 6.27. The first-order valence-electron chi connectivity index (χ1n) is 12.8. The third-order valence-electron chi connectivity index (χ3n) is 6.76. The Kier molecular flexibility index (Phi) is 9.39. The molecule has 0 unspecified atom stereocenters. The van der Waals surface area contributed by atoms with Crippen LogP contribution in [0.25, 0.3) is 0 Å². The zero-order valence-corrected chi connectivity index (χ0v) is 21.7. The van der Waals surface area contributed by atoms with Crippen LogP contribution in [0.1, 0.15) is 75.7 Å². The lowest BCUT2D eigenvalue weighted by molar-refractivity contribution is 0.0351. The monoisotopic (exact) mass is 484 g/mol. The van der Waals surface area contributed by atoms with Crippen molar-refractivity contribution in [1.29, 1.82) is 0 Å². The maximum absolute atomic E-state index is 13.5. The third kappa shape index (κ3) is 7.11. The number of aromatic nitrogens is 1. The van der Waals surface area contributed by atoms with E-state index < -0.39 is 0 Å². The van der Waals surface area contributed by atoms with Gasteiger partial charge in [-0.05, 0) is 39.7 Å². The van der Waals surface area contributed by atoms with Gasteiger partial charge in [0.2, 0.25) is 5.88 Å². The summed E-state index contributed by atoms with van der Waals surface area (Å²) in [7, 11) is 1.73. The van der Waals surface area contributed by atoms with Crippen molar-refractivity contribution in [2.75, 3.05) is 26.7 Å². The zero-order valence-electron chi connectivity index (χ0n) is 21.7. The molecular formula is C27H40N4O4. The van der Waals surface area contributed by atoms with Crippen LogP contribution < -0.4 is 10.1 Å². The Bertz CT molecular complexity index is 948. The van der Waals surface area contributed by atoms with Crippen LogP contribution in [0.4, 0.5) is 4.79 Å². The van der Waals surface area contributed by atoms with Crippen molar-refractivity contribution >= 4 is 11.9 Å². The number of aliphatic hydroxyl groups excluding tert-OH is 1. The van der Waals surface area contributed by atoms with Gasteiger partial charge in [0.25, 0.3) is 5.91 Å². The molecule has 2 N–H and O–H groups in total. The molecule has 0 spiro atoms. The maximum atomic E-state index is 13.5. The molecule has 1 fully saturated rings. The van der Waals surface area contributed by atoms with Gasteiger partial charge < -0.3 is 25.0 Å². The lowest BCUT2D eigenvalue weighted by atomic mass is 9.90. The number of fused-ring (bicyclic) bond motifs is 1. The van der Waals surface area contributed by atoms with E-state index in [-0.39, 0.29) is 48.5 Å². The second kappa shape index (κ2) is 12.3. The highest BCUT2D eigenvalue weighted by molar-refractivity contribution is 5.97. The largest absolute Gasteiger partial charge is 0.472 e. The van der Waals surface area contributed by atoms with Crippen molar-refractivity contribution in [1.82, 2.24) is 20.1 Å². The SMILES string of the molecule is CC(C)NC(=O)N(C)C[C@@H]1Oc2ncc(C#CC3CCCCC3)cc2C(=O)N([C@H](C)CO)C[C@@H]1C. The van der Waals surface area contributed by atoms with Crippen molar-refractivity contribution in [2.24, 2.45) is 11.8 Å². The fourth-order valence-corrected chi connectivity index (χ4v) is 4.53. The summed E-state index contributed by atoms with van der Waals surface area (Å²) in [5.41, 5.74) is 1.02. The van der Waals surface area contributed by atoms with Crippen LogP contribution in [-0.4, -0.2) is 76.8 Å². The second-order valence-electron chi connectivity index (χ2n) is 10.3. The second-order valence-corrected chi connectivity index (χ2v) is 10.3. The highest BCUT2D eigenvalue weighted by Gasteiger charge is 2.34. The van der Waals surface area contributed by atoms with Gasteiger partial charge >= 0.3 is 6.03 Å². The predicted molar refractivity (Wildman–Crippen MR) is 135 cm³/mol. The van der Waals surface area contributed by atoms with Gasteiger partial charge in [0.05, 0.1) is 19.2 Å². The number of likely N-dealkylation sites (N-methyl/N-ethyl adjacent to an activating group) is 1. The number of rotatable bonds is 5. The summed E-state index contributed by atoms with van der Waals surface area (Å²) in [5, 5.41) is 12.7. The number of ether oxygens (including phenoxy) is 1. The van der Waals surface area contributed by atoms with Crippen LogP contribution in [0, 0.1) is 23.7 Å². The Balaban J connectivity index is 1.90. The van der Waals surface area contributed by atoms with Crippen LogP contribution in [-0.2, 0) is 0 Å². The Morgan fingerprint density at radius 1 is 1.31 bits per heavy atom. The van der Waals surface area contributed by atoms with Crippen LogP contribution >= 0.6 is 0 Å². The number of carbonyl (C=O) groups is 2. The number of nitrogens with one attached hydrogen (secondary N) is 1. The number of hydrogen-bond donors (Lipinski definition) is 2. The molecule has 0 saturated heterocycles. The Labute approximate surface area is 209 Å². The topological polar surface area (TPSA) is 95.0 Å². The van der Waals surface area contributed by atoms with Crippen molar-refractivity contribution in [3.63, 3.8) is 0 Å². The van der Waals surface area contributed by atoms with Crippen molar-refractivity contribution in [3.05, 3.63) is 23.4 Å². The van der Waals surface area contributed by atoms with E-state index in [2.05, 4.69) is 22.1 Å². The molecule has 8 heteroatoms. The number of urea groups is 1. The molecule has 1 aromatic heterocycles. The molecular weight excluding hydrogens is 444 g/mol. The van der Waals surface area contributed by atoms with E-state index >= 15 is 0 Å². The van der Waals surface area contributed by atoms with Gasteiger partial charge in [0.15, 0.2) is 0 Å². The van der Waals surface area contributed by atoms with Gasteiger partial charge in [-0.15, -0.1) is 0 Å². The highest BCUT2D eigenvalue weighted by atomic mass is 16.5. The molecule has 0 bridgehead atoms. The number of pyridine rings is 1. The average molecular weight is 485 g/mol. The summed E-state index contributed by atoms with van der Waals surface area (Å²) in [5.74, 6) is 6.87. The molecule has 3 rings (SSSR count). The van der Waals surface area contributed by atoms with Crippen molar-refractivity contribution in [2.45, 2.75) is 78.0 Å². The van der Waals surface area contributed by atoms with Gasteiger partial charge in [-0.3, -0.25) is 4.79 Å². The van der Waals surface area contributed by atoms with Crippen LogP contribution in [0.15, 0.2) is 12.3 Å². The zero-order chi connectivity index (χ0) is 25.5. The Morgan fingerprint density at radius 3 is 2.69 bits per heavy atom. The minimum Gasteiger partial charge on any atom is -0.472 e. The summed E-state index contributed by atoms with van der Waals surface area (Å²) in [6.07, 6.45) is 7.21. The molecule has 2 aliphatic rings. The van der Waals surface area contributed by atoms with Crippen LogP contribution in [0.2, 0.25) is 0 Å². The van der Waals surface area contributed by atoms with E-state index in [1.807, 2.05) is 27.7 Å². The quantitative estimate of drug-likeness (QED) is 0.626. The van der Waals surface area contributed by atoms with Gasteiger partial charge in [-0.25, -0.2) is 9.78 Å². The molecule has 35 heavy (non-hydrogen) atoms. The molecule has 3 amide bonds. The fraction of sp³-hybridized carbons (Fsp3) is 0.667. The fourth-order valence-electron chi connectivity index (χ4n) is 4.53. The van der Waals surface area contributed by atoms with E-state index in [1.165, 1.54) is 19.3 Å². The number of hydrogen-bond acceptors (Lipinski definition) is 5.